The summed E-state index contributed by atoms with van der Waals surface area (Å²) in [6, 6.07) is 2.77. The van der Waals surface area contributed by atoms with Gasteiger partial charge in [-0.2, -0.15) is 0 Å². The minimum Gasteiger partial charge on any atom is -0.445 e. The number of aliphatic hydroxyl groups is 3. The first-order chi connectivity index (χ1) is 30.1. The summed E-state index contributed by atoms with van der Waals surface area (Å²) in [6.45, 7) is 4.40. The van der Waals surface area contributed by atoms with E-state index >= 15 is 0 Å². The van der Waals surface area contributed by atoms with Crippen LogP contribution in [0.5, 0.6) is 0 Å². The van der Waals surface area contributed by atoms with E-state index in [9.17, 15) is 48.9 Å². The van der Waals surface area contributed by atoms with E-state index in [0.717, 1.165) is 17.1 Å². The average molecular weight is 878 g/mol. The Morgan fingerprint density at radius 3 is 2.38 bits per heavy atom. The van der Waals surface area contributed by atoms with Gasteiger partial charge in [-0.1, -0.05) is 26.0 Å². The van der Waals surface area contributed by atoms with Gasteiger partial charge in [0.05, 0.1) is 19.0 Å². The van der Waals surface area contributed by atoms with Crippen LogP contribution in [-0.2, 0) is 44.8 Å². The lowest BCUT2D eigenvalue weighted by Gasteiger charge is -2.43. The predicted octanol–water partition coefficient (Wildman–Crippen LogP) is -1.22. The zero-order chi connectivity index (χ0) is 45.4. The van der Waals surface area contributed by atoms with Gasteiger partial charge in [0, 0.05) is 49.8 Å². The van der Waals surface area contributed by atoms with Gasteiger partial charge >= 0.3 is 6.09 Å². The Kier molecular flexibility index (Phi) is 15.0. The maximum atomic E-state index is 13.2. The fraction of sp³-hybridized carbons (Fsp3) is 0.500. The third-order valence-electron chi connectivity index (χ3n) is 10.9. The Morgan fingerprint density at radius 2 is 1.68 bits per heavy atom. The summed E-state index contributed by atoms with van der Waals surface area (Å²) in [5, 5.41) is 45.5. The van der Waals surface area contributed by atoms with E-state index in [0.29, 0.717) is 41.8 Å². The Balaban J connectivity index is 0.928. The summed E-state index contributed by atoms with van der Waals surface area (Å²) in [6.07, 6.45) is -0.377. The molecule has 63 heavy (non-hydrogen) atoms. The molecule has 7 amide bonds. The molecule has 3 aromatic rings. The van der Waals surface area contributed by atoms with E-state index in [2.05, 4.69) is 46.5 Å². The summed E-state index contributed by atoms with van der Waals surface area (Å²) >= 11 is 0. The quantitative estimate of drug-likeness (QED) is 0.0718. The molecule has 0 radical (unpaired) electrons. The molecule has 3 aliphatic heterocycles. The minimum atomic E-state index is -1.55. The molecule has 0 aliphatic carbocycles. The molecule has 0 spiro atoms. The SMILES string of the molecule is CC(C)[C@H](NC(=O)CCN1C(=O)C=CC1=O)C(=O)N[C@@H](C)C(=O)Nc1ccc(COC(=O)N2CCC[C@H]2CC(=O)N[C@@H]2[C@@H](O)[C@H](O)[C@@H](Nc3ncnc4nc[nH]c34)O[C@H]2CO)cc1. The molecule has 23 heteroatoms. The largest absolute Gasteiger partial charge is 0.445 e. The highest BCUT2D eigenvalue weighted by Gasteiger charge is 2.46. The van der Waals surface area contributed by atoms with Gasteiger partial charge in [-0.05, 0) is 43.4 Å². The van der Waals surface area contributed by atoms with Gasteiger partial charge in [0.2, 0.25) is 23.6 Å². The van der Waals surface area contributed by atoms with Crippen LogP contribution in [0.3, 0.4) is 0 Å². The van der Waals surface area contributed by atoms with Gasteiger partial charge in [0.25, 0.3) is 11.8 Å². The number of aliphatic hydroxyl groups excluding tert-OH is 3. The van der Waals surface area contributed by atoms with Crippen molar-refractivity contribution in [2.45, 2.75) is 102 Å². The van der Waals surface area contributed by atoms with E-state index < -0.39 is 96.9 Å². The van der Waals surface area contributed by atoms with E-state index in [1.165, 1.54) is 24.5 Å². The number of imidazole rings is 1. The van der Waals surface area contributed by atoms with Crippen molar-refractivity contribution in [2.75, 3.05) is 30.3 Å². The number of aromatic amines is 1. The number of carbonyl (C=O) groups is 7. The highest BCUT2D eigenvalue weighted by atomic mass is 16.6. The van der Waals surface area contributed by atoms with Crippen LogP contribution in [0, 0.1) is 5.92 Å². The average Bonchev–Trinajstić information content (AvgIpc) is 4.01. The molecule has 2 saturated heterocycles. The second-order valence-corrected chi connectivity index (χ2v) is 15.7. The normalized spacial score (nSPS) is 23.1. The number of anilines is 2. The molecule has 0 saturated carbocycles. The maximum Gasteiger partial charge on any atom is 0.410 e. The van der Waals surface area contributed by atoms with Gasteiger partial charge < -0.3 is 61.3 Å². The molecule has 1 aromatic carbocycles. The zero-order valence-corrected chi connectivity index (χ0v) is 34.7. The molecule has 338 valence electrons. The number of ether oxygens (including phenoxy) is 2. The van der Waals surface area contributed by atoms with Crippen molar-refractivity contribution in [3.8, 4) is 0 Å². The molecule has 23 nitrogen and oxygen atoms in total. The van der Waals surface area contributed by atoms with Gasteiger partial charge in [0.15, 0.2) is 17.7 Å². The number of likely N-dealkylation sites (tertiary alicyclic amines) is 1. The van der Waals surface area contributed by atoms with Crippen molar-refractivity contribution < 1.29 is 58.4 Å². The Labute approximate surface area is 360 Å². The molecule has 8 atom stereocenters. The minimum absolute atomic E-state index is 0.115. The van der Waals surface area contributed by atoms with Gasteiger partial charge in [-0.3, -0.25) is 33.7 Å². The van der Waals surface area contributed by atoms with E-state index in [1.807, 2.05) is 0 Å². The van der Waals surface area contributed by atoms with E-state index in [4.69, 9.17) is 9.47 Å². The fourth-order valence-corrected chi connectivity index (χ4v) is 7.35. The number of imide groups is 1. The molecule has 5 heterocycles. The first kappa shape index (κ1) is 46.0. The lowest BCUT2D eigenvalue weighted by molar-refractivity contribution is -0.185. The van der Waals surface area contributed by atoms with Crippen molar-refractivity contribution in [2.24, 2.45) is 5.92 Å². The third kappa shape index (κ3) is 11.3. The van der Waals surface area contributed by atoms with E-state index in [1.54, 1.807) is 38.1 Å². The van der Waals surface area contributed by atoms with Crippen LogP contribution >= 0.6 is 0 Å². The molecule has 9 N–H and O–H groups in total. The first-order valence-corrected chi connectivity index (χ1v) is 20.4. The molecular weight excluding hydrogens is 827 g/mol. The van der Waals surface area contributed by atoms with Crippen LogP contribution in [0.4, 0.5) is 16.3 Å². The Bertz CT molecular complexity index is 2180. The second kappa shape index (κ2) is 20.5. The molecule has 2 fully saturated rings. The van der Waals surface area contributed by atoms with Crippen LogP contribution in [0.2, 0.25) is 0 Å². The summed E-state index contributed by atoms with van der Waals surface area (Å²) in [4.78, 5) is 106. The van der Waals surface area contributed by atoms with Gasteiger partial charge in [-0.25, -0.2) is 19.7 Å². The van der Waals surface area contributed by atoms with Crippen LogP contribution in [0.15, 0.2) is 49.1 Å². The number of hydrogen-bond donors (Lipinski definition) is 9. The highest BCUT2D eigenvalue weighted by Crippen LogP contribution is 2.26. The number of nitrogens with zero attached hydrogens (tertiary/aromatic N) is 5. The summed E-state index contributed by atoms with van der Waals surface area (Å²) in [5.41, 5.74) is 1.79. The van der Waals surface area contributed by atoms with Crippen molar-refractivity contribution in [3.05, 3.63) is 54.6 Å². The van der Waals surface area contributed by atoms with Crippen LogP contribution in [0.1, 0.15) is 52.0 Å². The molecule has 3 aliphatic rings. The molecule has 0 bridgehead atoms. The summed E-state index contributed by atoms with van der Waals surface area (Å²) in [7, 11) is 0. The van der Waals surface area contributed by atoms with Crippen LogP contribution in [0.25, 0.3) is 11.2 Å². The maximum absolute atomic E-state index is 13.2. The van der Waals surface area contributed by atoms with Crippen molar-refractivity contribution in [1.82, 2.24) is 45.7 Å². The second-order valence-electron chi connectivity index (χ2n) is 15.7. The topological polar surface area (TPSA) is 320 Å². The number of benzene rings is 1. The monoisotopic (exact) mass is 877 g/mol. The number of carbonyl (C=O) groups excluding carboxylic acids is 7. The highest BCUT2D eigenvalue weighted by molar-refractivity contribution is 6.13. The smallest absolute Gasteiger partial charge is 0.410 e. The third-order valence-corrected chi connectivity index (χ3v) is 10.9. The number of hydrogen-bond acceptors (Lipinski definition) is 16. The van der Waals surface area contributed by atoms with E-state index in [-0.39, 0.29) is 37.7 Å². The molecular formula is C40H51N11O12. The number of H-pyrrole nitrogens is 1. The lowest BCUT2D eigenvalue weighted by Crippen LogP contribution is -2.66. The predicted molar refractivity (Wildman–Crippen MR) is 219 cm³/mol. The van der Waals surface area contributed by atoms with Crippen LogP contribution < -0.4 is 26.6 Å². The lowest BCUT2D eigenvalue weighted by atomic mass is 9.95. The summed E-state index contributed by atoms with van der Waals surface area (Å²) in [5.74, 6) is -3.37. The summed E-state index contributed by atoms with van der Waals surface area (Å²) < 4.78 is 11.4. The fourth-order valence-electron chi connectivity index (χ4n) is 7.35. The van der Waals surface area contributed by atoms with Gasteiger partial charge in [0.1, 0.15) is 48.8 Å². The zero-order valence-electron chi connectivity index (χ0n) is 34.7. The number of rotatable bonds is 17. The molecule has 6 rings (SSSR count). The van der Waals surface area contributed by atoms with Crippen molar-refractivity contribution in [3.63, 3.8) is 0 Å². The standard InChI is InChI=1S/C40H51N11O12/c1-20(2)30(47-26(53)12-14-51-28(55)10-11-29(51)56)38(60)45-21(3)37(59)46-23-8-6-22(7-9-23)17-62-40(61)50-13-4-5-24(50)15-27(54)48-31-25(16-52)63-39(34(58)33(31)57)49-36-32-35(42-18-41-32)43-19-44-36/h6-11,18-21,24-25,30-31,33-34,39,52,57-58H,4-5,12-17H2,1-3H3,(H,45,60)(H,46,59)(H,47,53)(H,48,54)(H2,41,42,43,44,49)/t21-,24-,25-,30-,31-,33+,34-,39-/m0/s1. The van der Waals surface area contributed by atoms with Gasteiger partial charge in [-0.15, -0.1) is 0 Å². The number of fused-ring (bicyclic) bond motifs is 1. The first-order valence-electron chi connectivity index (χ1n) is 20.4. The molecule has 2 aromatic heterocycles. The molecule has 0 unspecified atom stereocenters. The Hall–Kier alpha value is -6.56. The number of nitrogens with one attached hydrogen (secondary N) is 6. The van der Waals surface area contributed by atoms with Crippen LogP contribution in [-0.4, -0.2) is 155 Å². The van der Waals surface area contributed by atoms with Crippen molar-refractivity contribution >= 4 is 64.2 Å². The van der Waals surface area contributed by atoms with Crippen molar-refractivity contribution in [1.29, 1.82) is 0 Å². The Morgan fingerprint density at radius 1 is 0.952 bits per heavy atom. The number of aromatic nitrogens is 4. The number of amides is 7.